The molecule has 0 amide bonds. The molecule has 0 spiro atoms. The molecule has 0 radical (unpaired) electrons. The molecule has 134 valence electrons. The number of nitrogens with zero attached hydrogens (tertiary/aromatic N) is 1. The van der Waals surface area contributed by atoms with Crippen LogP contribution in [0.25, 0.3) is 0 Å². The van der Waals surface area contributed by atoms with E-state index in [4.69, 9.17) is 23.8 Å². The topological polar surface area (TPSA) is 58.5 Å². The summed E-state index contributed by atoms with van der Waals surface area (Å²) in [5, 5.41) is 3.93. The molecule has 2 aromatic carbocycles. The van der Waals surface area contributed by atoms with Gasteiger partial charge in [0.15, 0.2) is 18.1 Å². The van der Waals surface area contributed by atoms with Gasteiger partial charge in [-0.2, -0.15) is 0 Å². The molecule has 0 aliphatic rings. The second kappa shape index (κ2) is 9.78. The van der Waals surface area contributed by atoms with Gasteiger partial charge in [-0.25, -0.2) is 0 Å². The maximum Gasteiger partial charge on any atom is 0.203 e. The van der Waals surface area contributed by atoms with Gasteiger partial charge in [0.1, 0.15) is 12.4 Å². The second-order valence-corrected chi connectivity index (χ2v) is 5.74. The Morgan fingerprint density at radius 3 is 2.12 bits per heavy atom. The van der Waals surface area contributed by atoms with Gasteiger partial charge >= 0.3 is 0 Å². The van der Waals surface area contributed by atoms with Crippen LogP contribution in [0.15, 0.2) is 46.0 Å². The van der Waals surface area contributed by atoms with E-state index in [1.165, 1.54) is 0 Å². The van der Waals surface area contributed by atoms with Crippen LogP contribution in [0.3, 0.4) is 0 Å². The molecular formula is C18H20BrNO5. The van der Waals surface area contributed by atoms with E-state index in [-0.39, 0.29) is 0 Å². The summed E-state index contributed by atoms with van der Waals surface area (Å²) in [4.78, 5) is 5.21. The third-order valence-electron chi connectivity index (χ3n) is 3.22. The molecule has 6 nitrogen and oxygen atoms in total. The Morgan fingerprint density at radius 1 is 0.920 bits per heavy atom. The first-order chi connectivity index (χ1) is 12.2. The summed E-state index contributed by atoms with van der Waals surface area (Å²) in [6.45, 7) is 0.727. The van der Waals surface area contributed by atoms with Gasteiger partial charge in [-0.1, -0.05) is 21.1 Å². The van der Waals surface area contributed by atoms with Crippen LogP contribution >= 0.6 is 15.9 Å². The van der Waals surface area contributed by atoms with Crippen molar-refractivity contribution in [3.05, 3.63) is 46.4 Å². The zero-order valence-electron chi connectivity index (χ0n) is 14.3. The molecule has 0 fully saturated rings. The van der Waals surface area contributed by atoms with Crippen molar-refractivity contribution >= 4 is 22.1 Å². The highest BCUT2D eigenvalue weighted by atomic mass is 79.9. The number of benzene rings is 2. The lowest BCUT2D eigenvalue weighted by Crippen LogP contribution is -2.04. The van der Waals surface area contributed by atoms with Crippen LogP contribution in [0.2, 0.25) is 0 Å². The highest BCUT2D eigenvalue weighted by Crippen LogP contribution is 2.37. The van der Waals surface area contributed by atoms with E-state index in [2.05, 4.69) is 21.1 Å². The lowest BCUT2D eigenvalue weighted by Gasteiger charge is -2.12. The molecule has 7 heteroatoms. The molecule has 0 saturated carbocycles. The summed E-state index contributed by atoms with van der Waals surface area (Å²) in [7, 11) is 4.69. The Kier molecular flexibility index (Phi) is 7.40. The van der Waals surface area contributed by atoms with E-state index < -0.39 is 0 Å². The number of hydrogen-bond acceptors (Lipinski definition) is 6. The van der Waals surface area contributed by atoms with Crippen molar-refractivity contribution in [2.45, 2.75) is 0 Å². The average Bonchev–Trinajstić information content (AvgIpc) is 2.65. The molecular weight excluding hydrogens is 390 g/mol. The number of ether oxygens (including phenoxy) is 4. The fourth-order valence-corrected chi connectivity index (χ4v) is 2.32. The molecule has 0 unspecified atom stereocenters. The first kappa shape index (κ1) is 18.9. The summed E-state index contributed by atoms with van der Waals surface area (Å²) in [5.74, 6) is 2.43. The predicted molar refractivity (Wildman–Crippen MR) is 99.3 cm³/mol. The Morgan fingerprint density at radius 2 is 1.56 bits per heavy atom. The monoisotopic (exact) mass is 409 g/mol. The SMILES string of the molecule is COc1cc(/C=N\OCCOc2ccc(Br)cc2)cc(OC)c1OC. The minimum Gasteiger partial charge on any atom is -0.493 e. The van der Waals surface area contributed by atoms with Crippen molar-refractivity contribution < 1.29 is 23.8 Å². The van der Waals surface area contributed by atoms with Gasteiger partial charge in [0.25, 0.3) is 0 Å². The van der Waals surface area contributed by atoms with Crippen molar-refractivity contribution in [2.24, 2.45) is 5.16 Å². The molecule has 0 saturated heterocycles. The number of methoxy groups -OCH3 is 3. The standard InChI is InChI=1S/C18H20BrNO5/c1-21-16-10-13(11-17(22-2)18(16)23-3)12-20-25-9-8-24-15-6-4-14(19)5-7-15/h4-7,10-12H,8-9H2,1-3H3/b20-12-. The highest BCUT2D eigenvalue weighted by Gasteiger charge is 2.12. The summed E-state index contributed by atoms with van der Waals surface area (Å²) in [6, 6.07) is 11.2. The average molecular weight is 410 g/mol. The minimum absolute atomic E-state index is 0.330. The third kappa shape index (κ3) is 5.56. The first-order valence-corrected chi connectivity index (χ1v) is 8.31. The van der Waals surface area contributed by atoms with Gasteiger partial charge in [-0.15, -0.1) is 0 Å². The van der Waals surface area contributed by atoms with Gasteiger partial charge in [0, 0.05) is 10.0 Å². The van der Waals surface area contributed by atoms with Gasteiger partial charge in [-0.3, -0.25) is 0 Å². The predicted octanol–water partition coefficient (Wildman–Crippen LogP) is 3.90. The molecule has 25 heavy (non-hydrogen) atoms. The van der Waals surface area contributed by atoms with Crippen LogP contribution in [0.4, 0.5) is 0 Å². The molecule has 0 aliphatic heterocycles. The van der Waals surface area contributed by atoms with E-state index in [1.807, 2.05) is 24.3 Å². The smallest absolute Gasteiger partial charge is 0.203 e. The molecule has 0 aromatic heterocycles. The largest absolute Gasteiger partial charge is 0.493 e. The quantitative estimate of drug-likeness (QED) is 0.357. The van der Waals surface area contributed by atoms with E-state index in [0.717, 1.165) is 15.8 Å². The van der Waals surface area contributed by atoms with Crippen molar-refractivity contribution in [2.75, 3.05) is 34.5 Å². The van der Waals surface area contributed by atoms with E-state index in [0.29, 0.717) is 30.5 Å². The van der Waals surface area contributed by atoms with Crippen LogP contribution < -0.4 is 18.9 Å². The fourth-order valence-electron chi connectivity index (χ4n) is 2.05. The molecule has 2 rings (SSSR count). The normalized spacial score (nSPS) is 10.6. The first-order valence-electron chi connectivity index (χ1n) is 7.51. The van der Waals surface area contributed by atoms with E-state index in [1.54, 1.807) is 39.7 Å². The van der Waals surface area contributed by atoms with E-state index in [9.17, 15) is 0 Å². The van der Waals surface area contributed by atoms with Gasteiger partial charge < -0.3 is 23.8 Å². The molecule has 0 heterocycles. The molecule has 0 atom stereocenters. The number of hydrogen-bond donors (Lipinski definition) is 0. The summed E-state index contributed by atoms with van der Waals surface area (Å²) in [5.41, 5.74) is 0.767. The van der Waals surface area contributed by atoms with Gasteiger partial charge in [0.05, 0.1) is 27.5 Å². The summed E-state index contributed by atoms with van der Waals surface area (Å²) >= 11 is 3.37. The highest BCUT2D eigenvalue weighted by molar-refractivity contribution is 9.10. The third-order valence-corrected chi connectivity index (χ3v) is 3.75. The zero-order valence-corrected chi connectivity index (χ0v) is 15.9. The zero-order chi connectivity index (χ0) is 18.1. The Labute approximate surface area is 155 Å². The molecule has 0 N–H and O–H groups in total. The van der Waals surface area contributed by atoms with Crippen molar-refractivity contribution in [3.8, 4) is 23.0 Å². The maximum absolute atomic E-state index is 5.54. The van der Waals surface area contributed by atoms with Crippen LogP contribution in [-0.4, -0.2) is 40.8 Å². The van der Waals surface area contributed by atoms with Crippen LogP contribution in [0.1, 0.15) is 5.56 Å². The van der Waals surface area contributed by atoms with Crippen LogP contribution in [0, 0.1) is 0 Å². The van der Waals surface area contributed by atoms with Crippen molar-refractivity contribution in [1.29, 1.82) is 0 Å². The van der Waals surface area contributed by atoms with Crippen molar-refractivity contribution in [3.63, 3.8) is 0 Å². The molecule has 0 bridgehead atoms. The Balaban J connectivity index is 1.86. The second-order valence-electron chi connectivity index (χ2n) is 4.83. The number of oxime groups is 1. The lowest BCUT2D eigenvalue weighted by molar-refractivity contribution is 0.108. The maximum atomic E-state index is 5.54. The summed E-state index contributed by atoms with van der Waals surface area (Å²) in [6.07, 6.45) is 1.57. The number of halogens is 1. The molecule has 0 aliphatic carbocycles. The minimum atomic E-state index is 0.330. The van der Waals surface area contributed by atoms with E-state index >= 15 is 0 Å². The summed E-state index contributed by atoms with van der Waals surface area (Å²) < 4.78 is 22.4. The molecule has 2 aromatic rings. The van der Waals surface area contributed by atoms with Crippen molar-refractivity contribution in [1.82, 2.24) is 0 Å². The Bertz CT molecular complexity index is 678. The number of rotatable bonds is 9. The lowest BCUT2D eigenvalue weighted by atomic mass is 10.2. The van der Waals surface area contributed by atoms with Gasteiger partial charge in [0.2, 0.25) is 5.75 Å². The van der Waals surface area contributed by atoms with Crippen LogP contribution in [0.5, 0.6) is 23.0 Å². The van der Waals surface area contributed by atoms with Gasteiger partial charge in [-0.05, 0) is 36.4 Å². The fraction of sp³-hybridized carbons (Fsp3) is 0.278. The Hall–Kier alpha value is -2.41. The van der Waals surface area contributed by atoms with Crippen LogP contribution in [-0.2, 0) is 4.84 Å².